The first-order chi connectivity index (χ1) is 15.2. The van der Waals surface area contributed by atoms with Gasteiger partial charge in [-0.15, -0.1) is 10.2 Å². The van der Waals surface area contributed by atoms with Crippen molar-refractivity contribution in [3.8, 4) is 23.1 Å². The van der Waals surface area contributed by atoms with Gasteiger partial charge in [0.25, 0.3) is 0 Å². The van der Waals surface area contributed by atoms with E-state index in [1.165, 1.54) is 12.4 Å². The van der Waals surface area contributed by atoms with E-state index in [4.69, 9.17) is 14.7 Å². The second-order valence-electron chi connectivity index (χ2n) is 6.36. The molecule has 4 rings (SSSR count). The fraction of sp³-hybridized carbons (Fsp3) is 0.286. The van der Waals surface area contributed by atoms with Gasteiger partial charge >= 0.3 is 0 Å². The van der Waals surface area contributed by atoms with Gasteiger partial charge in [-0.2, -0.15) is 5.26 Å². The lowest BCUT2D eigenvalue weighted by molar-refractivity contribution is 0.109. The average molecular weight is 420 g/mol. The molecule has 1 saturated heterocycles. The van der Waals surface area contributed by atoms with Crippen LogP contribution in [0.25, 0.3) is 11.3 Å². The van der Waals surface area contributed by atoms with Crippen molar-refractivity contribution < 1.29 is 9.47 Å². The van der Waals surface area contributed by atoms with E-state index < -0.39 is 0 Å². The molecule has 2 aromatic heterocycles. The summed E-state index contributed by atoms with van der Waals surface area (Å²) in [4.78, 5) is 8.06. The predicted molar refractivity (Wildman–Crippen MR) is 117 cm³/mol. The largest absolute Gasteiger partial charge is 0.497 e. The summed E-state index contributed by atoms with van der Waals surface area (Å²) in [6, 6.07) is 11.3. The summed E-state index contributed by atoms with van der Waals surface area (Å²) < 4.78 is 10.2. The van der Waals surface area contributed by atoms with Gasteiger partial charge in [0, 0.05) is 31.8 Å². The molecule has 31 heavy (non-hydrogen) atoms. The van der Waals surface area contributed by atoms with Crippen LogP contribution in [0.4, 0.5) is 17.3 Å². The van der Waals surface area contributed by atoms with Crippen LogP contribution in [0.1, 0.15) is 5.69 Å². The second kappa shape index (κ2) is 11.4. The lowest BCUT2D eigenvalue weighted by Crippen LogP contribution is -2.30. The Labute approximate surface area is 180 Å². The Bertz CT molecular complexity index is 988. The molecule has 10 heteroatoms. The Morgan fingerprint density at radius 1 is 1.06 bits per heavy atom. The van der Waals surface area contributed by atoms with Crippen LogP contribution in [0.3, 0.4) is 0 Å². The zero-order chi connectivity index (χ0) is 21.9. The van der Waals surface area contributed by atoms with Crippen LogP contribution < -0.4 is 20.7 Å². The van der Waals surface area contributed by atoms with Crippen molar-refractivity contribution in [3.63, 3.8) is 0 Å². The topological polar surface area (TPSA) is 130 Å². The van der Waals surface area contributed by atoms with Crippen LogP contribution in [0.15, 0.2) is 42.7 Å². The smallest absolute Gasteiger partial charge is 0.158 e. The summed E-state index contributed by atoms with van der Waals surface area (Å²) in [6.07, 6.45) is 2.86. The lowest BCUT2D eigenvalue weighted by Gasteiger charge is -2.11. The Hall–Kier alpha value is -3.81. The van der Waals surface area contributed by atoms with Crippen LogP contribution in [0.5, 0.6) is 5.75 Å². The first-order valence-corrected chi connectivity index (χ1v) is 9.71. The molecule has 1 aliphatic heterocycles. The minimum absolute atomic E-state index is 0.252. The van der Waals surface area contributed by atoms with Crippen molar-refractivity contribution in [2.75, 3.05) is 51.1 Å². The number of hydrogen-bond donors (Lipinski definition) is 3. The SMILES string of the molecule is C1COCCN1.CNc1cc(Nc2cnc(C#N)cn2)nnc1-c1ccc(OC)cc1. The molecule has 1 aliphatic rings. The van der Waals surface area contributed by atoms with Crippen molar-refractivity contribution in [3.05, 3.63) is 48.4 Å². The molecule has 0 atom stereocenters. The molecular weight excluding hydrogens is 396 g/mol. The molecule has 3 aromatic rings. The van der Waals surface area contributed by atoms with Crippen molar-refractivity contribution in [1.29, 1.82) is 5.26 Å². The molecular formula is C21H24N8O2. The monoisotopic (exact) mass is 420 g/mol. The van der Waals surface area contributed by atoms with E-state index in [2.05, 4.69) is 36.1 Å². The lowest BCUT2D eigenvalue weighted by atomic mass is 10.1. The second-order valence-corrected chi connectivity index (χ2v) is 6.36. The Morgan fingerprint density at radius 2 is 1.84 bits per heavy atom. The van der Waals surface area contributed by atoms with E-state index in [9.17, 15) is 0 Å². The maximum atomic E-state index is 8.75. The quantitative estimate of drug-likeness (QED) is 0.565. The fourth-order valence-electron chi connectivity index (χ4n) is 2.70. The molecule has 3 N–H and O–H groups in total. The van der Waals surface area contributed by atoms with Crippen LogP contribution in [0, 0.1) is 11.3 Å². The Kier molecular flexibility index (Phi) is 8.05. The number of rotatable bonds is 5. The number of ether oxygens (including phenoxy) is 2. The van der Waals surface area contributed by atoms with E-state index in [-0.39, 0.29) is 5.69 Å². The Morgan fingerprint density at radius 3 is 2.35 bits per heavy atom. The molecule has 1 fully saturated rings. The minimum Gasteiger partial charge on any atom is -0.497 e. The first-order valence-electron chi connectivity index (χ1n) is 9.71. The average Bonchev–Trinajstić information content (AvgIpc) is 2.86. The molecule has 160 valence electrons. The maximum Gasteiger partial charge on any atom is 0.158 e. The maximum absolute atomic E-state index is 8.75. The van der Waals surface area contributed by atoms with Gasteiger partial charge in [0.05, 0.1) is 38.4 Å². The van der Waals surface area contributed by atoms with E-state index in [0.717, 1.165) is 49.0 Å². The van der Waals surface area contributed by atoms with Crippen LogP contribution in [-0.2, 0) is 4.74 Å². The molecule has 0 radical (unpaired) electrons. The van der Waals surface area contributed by atoms with Crippen LogP contribution >= 0.6 is 0 Å². The van der Waals surface area contributed by atoms with Crippen molar-refractivity contribution >= 4 is 17.3 Å². The zero-order valence-corrected chi connectivity index (χ0v) is 17.4. The number of morpholine rings is 1. The molecule has 0 bridgehead atoms. The number of nitrogens with one attached hydrogen (secondary N) is 3. The molecule has 3 heterocycles. The zero-order valence-electron chi connectivity index (χ0n) is 17.4. The van der Waals surface area contributed by atoms with E-state index in [1.54, 1.807) is 7.11 Å². The van der Waals surface area contributed by atoms with Gasteiger partial charge < -0.3 is 25.4 Å². The van der Waals surface area contributed by atoms with Gasteiger partial charge in [0.2, 0.25) is 0 Å². The Balaban J connectivity index is 0.000000391. The molecule has 0 saturated carbocycles. The number of methoxy groups -OCH3 is 1. The van der Waals surface area contributed by atoms with E-state index in [0.29, 0.717) is 11.6 Å². The van der Waals surface area contributed by atoms with Gasteiger partial charge in [-0.25, -0.2) is 9.97 Å². The van der Waals surface area contributed by atoms with E-state index in [1.807, 2.05) is 43.4 Å². The number of aromatic nitrogens is 4. The standard InChI is InChI=1S/C17H15N7O.C4H9NO/c1-19-14-7-15(22-16-10-20-12(8-18)9-21-16)23-24-17(14)11-3-5-13(25-2)6-4-11;1-3-6-4-2-5-1/h3-7,9-10H,1-2H3,(H2,19,21,22,23);5H,1-4H2. The number of nitrogens with zero attached hydrogens (tertiary/aromatic N) is 5. The molecule has 0 amide bonds. The molecule has 0 aliphatic carbocycles. The summed E-state index contributed by atoms with van der Waals surface area (Å²) >= 11 is 0. The normalized spacial score (nSPS) is 12.7. The van der Waals surface area contributed by atoms with Crippen LogP contribution in [-0.4, -0.2) is 60.6 Å². The highest BCUT2D eigenvalue weighted by molar-refractivity contribution is 5.76. The summed E-state index contributed by atoms with van der Waals surface area (Å²) in [6.45, 7) is 3.83. The first kappa shape index (κ1) is 21.9. The van der Waals surface area contributed by atoms with Gasteiger partial charge in [0.1, 0.15) is 23.3 Å². The summed E-state index contributed by atoms with van der Waals surface area (Å²) in [5.74, 6) is 1.77. The van der Waals surface area contributed by atoms with Gasteiger partial charge in [-0.05, 0) is 24.3 Å². The summed E-state index contributed by atoms with van der Waals surface area (Å²) in [7, 11) is 3.44. The van der Waals surface area contributed by atoms with E-state index >= 15 is 0 Å². The fourth-order valence-corrected chi connectivity index (χ4v) is 2.70. The number of hydrogen-bond acceptors (Lipinski definition) is 10. The minimum atomic E-state index is 0.252. The van der Waals surface area contributed by atoms with Gasteiger partial charge in [-0.1, -0.05) is 0 Å². The third kappa shape index (κ3) is 6.33. The number of anilines is 3. The summed E-state index contributed by atoms with van der Waals surface area (Å²) in [5.41, 5.74) is 2.70. The van der Waals surface area contributed by atoms with Crippen molar-refractivity contribution in [2.45, 2.75) is 0 Å². The van der Waals surface area contributed by atoms with Crippen LogP contribution in [0.2, 0.25) is 0 Å². The third-order valence-electron chi connectivity index (χ3n) is 4.30. The van der Waals surface area contributed by atoms with Crippen molar-refractivity contribution in [2.24, 2.45) is 0 Å². The van der Waals surface area contributed by atoms with Gasteiger partial charge in [0.15, 0.2) is 11.5 Å². The predicted octanol–water partition coefficient (Wildman–Crippen LogP) is 2.21. The number of nitriles is 1. The summed E-state index contributed by atoms with van der Waals surface area (Å²) in [5, 5.41) is 26.5. The molecule has 0 spiro atoms. The highest BCUT2D eigenvalue weighted by Gasteiger charge is 2.10. The molecule has 10 nitrogen and oxygen atoms in total. The molecule has 1 aromatic carbocycles. The highest BCUT2D eigenvalue weighted by Crippen LogP contribution is 2.28. The third-order valence-corrected chi connectivity index (χ3v) is 4.30. The molecule has 0 unspecified atom stereocenters. The number of benzene rings is 1. The van der Waals surface area contributed by atoms with Crippen molar-refractivity contribution in [1.82, 2.24) is 25.5 Å². The highest BCUT2D eigenvalue weighted by atomic mass is 16.5. The van der Waals surface area contributed by atoms with Gasteiger partial charge in [-0.3, -0.25) is 0 Å².